The summed E-state index contributed by atoms with van der Waals surface area (Å²) < 4.78 is 2.16. The Morgan fingerprint density at radius 3 is 2.59 bits per heavy atom. The molecular weight excluding hydrogens is 393 g/mol. The standard InChI is InChI=1S/C13H16NOSeTe/c1-3-4-9-17-13(16)14-12(15)11-7-5-10(2)6-8-11/h5-8H,3-4,9H2,1-2H3. The van der Waals surface area contributed by atoms with Gasteiger partial charge in [-0.05, 0) is 0 Å². The molecule has 0 heterocycles. The molecule has 1 amide bonds. The Morgan fingerprint density at radius 1 is 1.35 bits per heavy atom. The summed E-state index contributed by atoms with van der Waals surface area (Å²) in [6.45, 7) is 4.19. The number of hydrogen-bond donors (Lipinski definition) is 0. The van der Waals surface area contributed by atoms with Crippen LogP contribution in [0.4, 0.5) is 0 Å². The zero-order chi connectivity index (χ0) is 12.7. The van der Waals surface area contributed by atoms with Gasteiger partial charge in [0.1, 0.15) is 0 Å². The predicted octanol–water partition coefficient (Wildman–Crippen LogP) is 2.58. The van der Waals surface area contributed by atoms with Crippen LogP contribution in [-0.2, 0) is 0 Å². The van der Waals surface area contributed by atoms with Gasteiger partial charge < -0.3 is 0 Å². The van der Waals surface area contributed by atoms with Crippen molar-refractivity contribution in [1.82, 2.24) is 0 Å². The number of aliphatic imine (C=N–C) groups is 1. The Hall–Kier alpha value is -0.131. The molecule has 0 bridgehead atoms. The van der Waals surface area contributed by atoms with Crippen molar-refractivity contribution in [2.45, 2.75) is 31.2 Å². The van der Waals surface area contributed by atoms with E-state index in [1.165, 1.54) is 17.3 Å². The van der Waals surface area contributed by atoms with E-state index < -0.39 is 0 Å². The first kappa shape index (κ1) is 14.9. The monoisotopic (exact) mass is 412 g/mol. The van der Waals surface area contributed by atoms with E-state index in [1.807, 2.05) is 31.2 Å². The average Bonchev–Trinajstić information content (AvgIpc) is 2.30. The molecule has 91 valence electrons. The van der Waals surface area contributed by atoms with Crippen LogP contribution in [-0.4, -0.2) is 45.5 Å². The van der Waals surface area contributed by atoms with Crippen molar-refractivity contribution in [1.29, 1.82) is 0 Å². The maximum absolute atomic E-state index is 11.8. The van der Waals surface area contributed by atoms with Crippen molar-refractivity contribution in [3.63, 3.8) is 0 Å². The molecule has 0 N–H and O–H groups in total. The zero-order valence-corrected chi connectivity index (χ0v) is 14.1. The molecule has 1 radical (unpaired) electrons. The van der Waals surface area contributed by atoms with E-state index in [-0.39, 0.29) is 26.8 Å². The molecule has 1 aromatic carbocycles. The summed E-state index contributed by atoms with van der Waals surface area (Å²) in [7, 11) is 0. The van der Waals surface area contributed by atoms with Gasteiger partial charge in [-0.3, -0.25) is 0 Å². The van der Waals surface area contributed by atoms with Gasteiger partial charge in [-0.2, -0.15) is 0 Å². The third kappa shape index (κ3) is 5.84. The van der Waals surface area contributed by atoms with E-state index in [9.17, 15) is 4.79 Å². The second-order valence-electron chi connectivity index (χ2n) is 3.75. The fourth-order valence-corrected chi connectivity index (χ4v) is 4.68. The molecule has 0 spiro atoms. The van der Waals surface area contributed by atoms with Crippen LogP contribution in [0.3, 0.4) is 0 Å². The molecule has 4 heteroatoms. The summed E-state index contributed by atoms with van der Waals surface area (Å²) in [4.78, 5) is 15.9. The van der Waals surface area contributed by atoms with Gasteiger partial charge in [0.25, 0.3) is 0 Å². The first-order valence-electron chi connectivity index (χ1n) is 5.63. The van der Waals surface area contributed by atoms with Gasteiger partial charge in [-0.15, -0.1) is 0 Å². The van der Waals surface area contributed by atoms with Gasteiger partial charge in [0, 0.05) is 0 Å². The molecular formula is C13H16NOSeTe. The van der Waals surface area contributed by atoms with Crippen molar-refractivity contribution >= 4 is 45.5 Å². The number of carbonyl (C=O) groups is 1. The van der Waals surface area contributed by atoms with E-state index in [0.29, 0.717) is 5.56 Å². The van der Waals surface area contributed by atoms with Crippen LogP contribution in [0.2, 0.25) is 4.47 Å². The summed E-state index contributed by atoms with van der Waals surface area (Å²) in [5, 5.41) is 0. The summed E-state index contributed by atoms with van der Waals surface area (Å²) in [6, 6.07) is 7.55. The molecule has 0 saturated heterocycles. The van der Waals surface area contributed by atoms with Gasteiger partial charge in [0.15, 0.2) is 0 Å². The van der Waals surface area contributed by atoms with E-state index in [4.69, 9.17) is 0 Å². The molecule has 0 aromatic heterocycles. The van der Waals surface area contributed by atoms with Crippen molar-refractivity contribution < 1.29 is 4.79 Å². The summed E-state index contributed by atoms with van der Waals surface area (Å²) >= 11 is 2.66. The number of amides is 1. The van der Waals surface area contributed by atoms with Gasteiger partial charge >= 0.3 is 122 Å². The van der Waals surface area contributed by atoms with Crippen LogP contribution in [0, 0.1) is 6.92 Å². The minimum atomic E-state index is -0.279. The Labute approximate surface area is 121 Å². The van der Waals surface area contributed by atoms with E-state index in [1.54, 1.807) is 0 Å². The SMILES string of the molecule is CCCC[Te]C([Se])=NC(=O)c1ccc(C)cc1. The van der Waals surface area contributed by atoms with E-state index >= 15 is 0 Å². The number of hydrogen-bond acceptors (Lipinski definition) is 1. The van der Waals surface area contributed by atoms with Crippen LogP contribution in [0.5, 0.6) is 0 Å². The summed E-state index contributed by atoms with van der Waals surface area (Å²) in [6.07, 6.45) is 2.45. The number of benzene rings is 1. The first-order valence-corrected chi connectivity index (χ1v) is 9.30. The van der Waals surface area contributed by atoms with Crippen LogP contribution >= 0.6 is 0 Å². The van der Waals surface area contributed by atoms with Crippen molar-refractivity contribution in [2.75, 3.05) is 0 Å². The average molecular weight is 409 g/mol. The predicted molar refractivity (Wildman–Crippen MR) is 74.2 cm³/mol. The number of carbonyl (C=O) groups excluding carboxylic acids is 1. The number of rotatable bonds is 5. The molecule has 0 saturated carbocycles. The fraction of sp³-hybridized carbons (Fsp3) is 0.385. The first-order chi connectivity index (χ1) is 8.13. The zero-order valence-electron chi connectivity index (χ0n) is 10.1. The molecule has 0 fully saturated rings. The third-order valence-corrected chi connectivity index (χ3v) is 6.44. The topological polar surface area (TPSA) is 29.4 Å². The number of unbranched alkanes of at least 4 members (excludes halogenated alkanes) is 1. The second-order valence-corrected chi connectivity index (χ2v) is 9.47. The normalized spacial score (nSPS) is 11.5. The Morgan fingerprint density at radius 2 is 2.00 bits per heavy atom. The Kier molecular flexibility index (Phi) is 7.07. The van der Waals surface area contributed by atoms with Crippen molar-refractivity contribution in [2.24, 2.45) is 4.99 Å². The Bertz CT molecular complexity index is 400. The van der Waals surface area contributed by atoms with E-state index in [2.05, 4.69) is 27.9 Å². The molecule has 0 aliphatic carbocycles. The molecule has 0 atom stereocenters. The minimum absolute atomic E-state index is 0.125. The fourth-order valence-electron chi connectivity index (χ4n) is 1.18. The van der Waals surface area contributed by atoms with E-state index in [0.717, 1.165) is 8.22 Å². The van der Waals surface area contributed by atoms with Crippen LogP contribution in [0.15, 0.2) is 29.3 Å². The van der Waals surface area contributed by atoms with Gasteiger partial charge in [-0.1, -0.05) is 0 Å². The van der Waals surface area contributed by atoms with Gasteiger partial charge in [-0.25, -0.2) is 0 Å². The molecule has 1 rings (SSSR count). The molecule has 0 aliphatic heterocycles. The van der Waals surface area contributed by atoms with Gasteiger partial charge in [0.05, 0.1) is 0 Å². The molecule has 0 unspecified atom stereocenters. The second kappa shape index (κ2) is 8.06. The van der Waals surface area contributed by atoms with Crippen molar-refractivity contribution in [3.8, 4) is 0 Å². The molecule has 2 nitrogen and oxygen atoms in total. The van der Waals surface area contributed by atoms with Crippen LogP contribution in [0.1, 0.15) is 35.7 Å². The van der Waals surface area contributed by atoms with Crippen LogP contribution < -0.4 is 0 Å². The van der Waals surface area contributed by atoms with Crippen molar-refractivity contribution in [3.05, 3.63) is 35.4 Å². The number of nitrogens with zero attached hydrogens (tertiary/aromatic N) is 1. The quantitative estimate of drug-likeness (QED) is 0.418. The third-order valence-electron chi connectivity index (χ3n) is 2.21. The summed E-state index contributed by atoms with van der Waals surface area (Å²) in [5.74, 6) is -0.125. The summed E-state index contributed by atoms with van der Waals surface area (Å²) in [5.41, 5.74) is 1.83. The molecule has 0 aliphatic rings. The van der Waals surface area contributed by atoms with Crippen LogP contribution in [0.25, 0.3) is 0 Å². The van der Waals surface area contributed by atoms with Gasteiger partial charge in [0.2, 0.25) is 0 Å². The number of aryl methyl sites for hydroxylation is 1. The molecule has 1 aromatic rings. The molecule has 17 heavy (non-hydrogen) atoms. The Balaban J connectivity index is 2.58. The maximum atomic E-state index is 11.8.